The van der Waals surface area contributed by atoms with E-state index in [1.807, 2.05) is 42.5 Å². The van der Waals surface area contributed by atoms with E-state index in [-0.39, 0.29) is 24.4 Å². The molecule has 196 valence electrons. The lowest BCUT2D eigenvalue weighted by Gasteiger charge is -2.31. The highest BCUT2D eigenvalue weighted by atomic mass is 19.1. The van der Waals surface area contributed by atoms with E-state index in [2.05, 4.69) is 15.3 Å². The number of fused-ring (bicyclic) bond motifs is 1. The Morgan fingerprint density at radius 3 is 2.38 bits per heavy atom. The number of nitrogens with one attached hydrogen (secondary N) is 2. The number of rotatable bonds is 12. The van der Waals surface area contributed by atoms with Crippen LogP contribution in [0.5, 0.6) is 0 Å². The average Bonchev–Trinajstić information content (AvgIpc) is 2.84. The molecule has 3 aromatic rings. The first kappa shape index (κ1) is 27.7. The maximum absolute atomic E-state index is 14.2. The van der Waals surface area contributed by atoms with E-state index in [0.29, 0.717) is 23.9 Å². The minimum atomic E-state index is -1.43. The van der Waals surface area contributed by atoms with Gasteiger partial charge in [0.05, 0.1) is 29.1 Å². The van der Waals surface area contributed by atoms with Crippen LogP contribution in [0.25, 0.3) is 11.0 Å². The number of aromatic nitrogens is 2. The molecule has 1 heterocycles. The van der Waals surface area contributed by atoms with Crippen LogP contribution in [0.2, 0.25) is 0 Å². The van der Waals surface area contributed by atoms with Crippen molar-refractivity contribution in [2.45, 2.75) is 64.3 Å². The first-order valence-electron chi connectivity index (χ1n) is 12.3. The van der Waals surface area contributed by atoms with Crippen LogP contribution >= 0.6 is 0 Å². The second kappa shape index (κ2) is 12.4. The van der Waals surface area contributed by atoms with Gasteiger partial charge in [-0.25, -0.2) is 9.37 Å². The molecule has 4 N–H and O–H groups in total. The van der Waals surface area contributed by atoms with E-state index in [1.165, 1.54) is 27.0 Å². The van der Waals surface area contributed by atoms with Gasteiger partial charge in [0, 0.05) is 12.8 Å². The quantitative estimate of drug-likeness (QED) is 0.189. The van der Waals surface area contributed by atoms with E-state index in [9.17, 15) is 14.0 Å². The molecule has 0 spiro atoms. The molecule has 1 aromatic heterocycles. The summed E-state index contributed by atoms with van der Waals surface area (Å²) >= 11 is 0. The van der Waals surface area contributed by atoms with Gasteiger partial charge >= 0.3 is 5.97 Å². The fraction of sp³-hybridized carbons (Fsp3) is 0.393. The fourth-order valence-electron chi connectivity index (χ4n) is 4.16. The Hall–Kier alpha value is -3.88. The molecular weight excluding hydrogens is 473 g/mol. The number of para-hydroxylation sites is 2. The maximum atomic E-state index is 14.2. The van der Waals surface area contributed by atoms with E-state index in [1.54, 1.807) is 12.1 Å². The molecule has 2 aromatic carbocycles. The van der Waals surface area contributed by atoms with Gasteiger partial charge in [0.1, 0.15) is 17.5 Å². The number of nitrogens with two attached hydrogens (primary N) is 1. The average molecular weight is 508 g/mol. The lowest BCUT2D eigenvalue weighted by atomic mass is 9.87. The zero-order valence-corrected chi connectivity index (χ0v) is 21.4. The van der Waals surface area contributed by atoms with Gasteiger partial charge in [-0.05, 0) is 57.2 Å². The van der Waals surface area contributed by atoms with Crippen molar-refractivity contribution in [3.63, 3.8) is 0 Å². The van der Waals surface area contributed by atoms with Gasteiger partial charge in [0.25, 0.3) is 5.91 Å². The van der Waals surface area contributed by atoms with Crippen molar-refractivity contribution in [1.82, 2.24) is 15.3 Å². The molecule has 1 amide bonds. The summed E-state index contributed by atoms with van der Waals surface area (Å²) in [5.41, 5.74) is 6.71. The normalized spacial score (nSPS) is 13.9. The molecular formula is C28H34FN5O3. The van der Waals surface area contributed by atoms with E-state index < -0.39 is 35.6 Å². The Morgan fingerprint density at radius 2 is 1.76 bits per heavy atom. The molecule has 0 fully saturated rings. The van der Waals surface area contributed by atoms with Gasteiger partial charge in [0.2, 0.25) is 0 Å². The Kier molecular flexibility index (Phi) is 9.27. The van der Waals surface area contributed by atoms with Crippen LogP contribution in [0, 0.1) is 11.3 Å². The van der Waals surface area contributed by atoms with Gasteiger partial charge in [-0.15, -0.1) is 0 Å². The number of hydrogen-bond acceptors (Lipinski definition) is 6. The van der Waals surface area contributed by atoms with Crippen molar-refractivity contribution >= 4 is 28.7 Å². The third-order valence-corrected chi connectivity index (χ3v) is 6.11. The summed E-state index contributed by atoms with van der Waals surface area (Å²) in [6, 6.07) is 16.0. The number of hydrogen-bond donors (Lipinski definition) is 3. The SMILES string of the molecule is CC(=O)OC(CC(CCC(C)(C)F)C(=N)N)C(Cc1ccccc1)NC(=O)c1cnc2ccccc2n1. The third-order valence-electron chi connectivity index (χ3n) is 6.11. The van der Waals surface area contributed by atoms with E-state index in [0.717, 1.165) is 5.56 Å². The number of amides is 1. The second-order valence-electron chi connectivity index (χ2n) is 9.81. The molecule has 0 saturated heterocycles. The number of ether oxygens (including phenoxy) is 1. The number of amidine groups is 1. The van der Waals surface area contributed by atoms with Gasteiger partial charge in [0.15, 0.2) is 0 Å². The van der Waals surface area contributed by atoms with Crippen LogP contribution in [0.1, 0.15) is 56.1 Å². The number of halogens is 1. The predicted octanol–water partition coefficient (Wildman–Crippen LogP) is 4.37. The summed E-state index contributed by atoms with van der Waals surface area (Å²) in [4.78, 5) is 34.1. The fourth-order valence-corrected chi connectivity index (χ4v) is 4.16. The largest absolute Gasteiger partial charge is 0.460 e. The van der Waals surface area contributed by atoms with Crippen LogP contribution in [0.4, 0.5) is 4.39 Å². The monoisotopic (exact) mass is 507 g/mol. The first-order valence-corrected chi connectivity index (χ1v) is 12.3. The molecule has 3 rings (SSSR count). The van der Waals surface area contributed by atoms with Gasteiger partial charge in [-0.1, -0.05) is 42.5 Å². The lowest BCUT2D eigenvalue weighted by molar-refractivity contribution is -0.148. The first-order chi connectivity index (χ1) is 17.5. The highest BCUT2D eigenvalue weighted by Gasteiger charge is 2.32. The second-order valence-corrected chi connectivity index (χ2v) is 9.81. The number of carbonyl (C=O) groups is 2. The van der Waals surface area contributed by atoms with Crippen LogP contribution in [0.3, 0.4) is 0 Å². The molecule has 3 atom stereocenters. The Labute approximate surface area is 216 Å². The van der Waals surface area contributed by atoms with Crippen LogP contribution in [-0.2, 0) is 16.0 Å². The number of alkyl halides is 1. The molecule has 0 radical (unpaired) electrons. The van der Waals surface area contributed by atoms with Crippen molar-refractivity contribution < 1.29 is 18.7 Å². The topological polar surface area (TPSA) is 131 Å². The summed E-state index contributed by atoms with van der Waals surface area (Å²) in [6.45, 7) is 4.23. The van der Waals surface area contributed by atoms with E-state index >= 15 is 0 Å². The smallest absolute Gasteiger partial charge is 0.302 e. The maximum Gasteiger partial charge on any atom is 0.302 e. The highest BCUT2D eigenvalue weighted by Crippen LogP contribution is 2.25. The molecule has 0 aliphatic rings. The Morgan fingerprint density at radius 1 is 1.11 bits per heavy atom. The molecule has 37 heavy (non-hydrogen) atoms. The molecule has 8 nitrogen and oxygen atoms in total. The van der Waals surface area contributed by atoms with Gasteiger partial charge in [-0.2, -0.15) is 0 Å². The summed E-state index contributed by atoms with van der Waals surface area (Å²) in [7, 11) is 0. The van der Waals surface area contributed by atoms with E-state index in [4.69, 9.17) is 15.9 Å². The molecule has 0 aliphatic heterocycles. The summed E-state index contributed by atoms with van der Waals surface area (Å²) in [6.07, 6.45) is 1.59. The number of benzene rings is 2. The van der Waals surface area contributed by atoms with Crippen molar-refractivity contribution in [3.8, 4) is 0 Å². The molecule has 3 unspecified atom stereocenters. The molecule has 0 bridgehead atoms. The minimum Gasteiger partial charge on any atom is -0.460 e. The number of nitrogens with zero attached hydrogens (tertiary/aromatic N) is 2. The lowest BCUT2D eigenvalue weighted by Crippen LogP contribution is -2.48. The predicted molar refractivity (Wildman–Crippen MR) is 141 cm³/mol. The summed E-state index contributed by atoms with van der Waals surface area (Å²) in [5, 5.41) is 11.0. The van der Waals surface area contributed by atoms with Crippen molar-refractivity contribution in [1.29, 1.82) is 5.41 Å². The Bertz CT molecular complexity index is 1230. The zero-order chi connectivity index (χ0) is 27.0. The van der Waals surface area contributed by atoms with Gasteiger partial charge < -0.3 is 15.8 Å². The third kappa shape index (κ3) is 8.63. The molecule has 0 saturated carbocycles. The van der Waals surface area contributed by atoms with Crippen molar-refractivity contribution in [2.75, 3.05) is 0 Å². The minimum absolute atomic E-state index is 0.119. The molecule has 0 aliphatic carbocycles. The highest BCUT2D eigenvalue weighted by molar-refractivity contribution is 5.94. The van der Waals surface area contributed by atoms with Gasteiger partial charge in [-0.3, -0.25) is 20.0 Å². The van der Waals surface area contributed by atoms with Crippen LogP contribution < -0.4 is 11.1 Å². The van der Waals surface area contributed by atoms with Crippen molar-refractivity contribution in [2.24, 2.45) is 11.7 Å². The summed E-state index contributed by atoms with van der Waals surface area (Å²) in [5.74, 6) is -1.65. The Balaban J connectivity index is 1.90. The summed E-state index contributed by atoms with van der Waals surface area (Å²) < 4.78 is 19.9. The standard InChI is InChI=1S/C28H34FN5O3/c1-18(35)37-25(16-20(26(30)31)13-14-28(2,3)29)23(15-19-9-5-4-6-10-19)34-27(36)24-17-32-21-11-7-8-12-22(21)33-24/h4-12,17,20,23,25H,13-16H2,1-3H3,(H3,30,31)(H,34,36). The van der Waals surface area contributed by atoms with Crippen LogP contribution in [-0.4, -0.2) is 45.5 Å². The number of esters is 1. The molecule has 9 heteroatoms. The van der Waals surface area contributed by atoms with Crippen molar-refractivity contribution in [3.05, 3.63) is 72.1 Å². The zero-order valence-electron chi connectivity index (χ0n) is 21.4. The number of carbonyl (C=O) groups excluding carboxylic acids is 2. The van der Waals surface area contributed by atoms with Crippen LogP contribution in [0.15, 0.2) is 60.8 Å².